The Morgan fingerprint density at radius 1 is 1.30 bits per heavy atom. The number of fused-ring (bicyclic) bond motifs is 1. The van der Waals surface area contributed by atoms with Crippen LogP contribution in [0.3, 0.4) is 0 Å². The predicted octanol–water partition coefficient (Wildman–Crippen LogP) is 3.64. The molecule has 128 valence electrons. The second-order valence-corrected chi connectivity index (χ2v) is 7.66. The standard InChI is InChI=1S/C19H28O4/c1-5-7-19(8-6-2,23-17(20)11(3)4)16-12-9-13-14(10-12)22-18(21)15(13)16/h12-16H,3,5-10H2,1-2,4H3. The molecule has 2 bridgehead atoms. The number of carbonyl (C=O) groups is 2. The van der Waals surface area contributed by atoms with Gasteiger partial charge in [0.2, 0.25) is 0 Å². The molecule has 23 heavy (non-hydrogen) atoms. The van der Waals surface area contributed by atoms with Gasteiger partial charge in [0.25, 0.3) is 0 Å². The third-order valence-corrected chi connectivity index (χ3v) is 6.08. The Kier molecular flexibility index (Phi) is 4.28. The van der Waals surface area contributed by atoms with E-state index in [0.717, 1.165) is 38.5 Å². The maximum atomic E-state index is 12.4. The second kappa shape index (κ2) is 5.95. The molecule has 4 heteroatoms. The lowest BCUT2D eigenvalue weighted by atomic mass is 9.67. The summed E-state index contributed by atoms with van der Waals surface area (Å²) < 4.78 is 11.6. The molecule has 0 radical (unpaired) electrons. The van der Waals surface area contributed by atoms with Crippen LogP contribution in [0.15, 0.2) is 12.2 Å². The maximum Gasteiger partial charge on any atom is 0.333 e. The van der Waals surface area contributed by atoms with Crippen LogP contribution >= 0.6 is 0 Å². The van der Waals surface area contributed by atoms with E-state index in [9.17, 15) is 9.59 Å². The molecule has 2 aliphatic carbocycles. The summed E-state index contributed by atoms with van der Waals surface area (Å²) in [7, 11) is 0. The number of hydrogen-bond donors (Lipinski definition) is 0. The molecule has 0 aromatic carbocycles. The van der Waals surface area contributed by atoms with Gasteiger partial charge in [-0.15, -0.1) is 0 Å². The van der Waals surface area contributed by atoms with Gasteiger partial charge in [-0.1, -0.05) is 33.3 Å². The third-order valence-electron chi connectivity index (χ3n) is 6.08. The molecule has 0 aromatic rings. The van der Waals surface area contributed by atoms with Crippen LogP contribution in [0.4, 0.5) is 0 Å². The van der Waals surface area contributed by atoms with E-state index in [0.29, 0.717) is 17.4 Å². The number of rotatable bonds is 7. The van der Waals surface area contributed by atoms with Crippen molar-refractivity contribution in [2.45, 2.75) is 71.0 Å². The Labute approximate surface area is 138 Å². The lowest BCUT2D eigenvalue weighted by Crippen LogP contribution is -2.49. The van der Waals surface area contributed by atoms with Gasteiger partial charge in [0, 0.05) is 17.4 Å². The fourth-order valence-electron chi connectivity index (χ4n) is 5.49. The Balaban J connectivity index is 1.95. The van der Waals surface area contributed by atoms with Crippen molar-refractivity contribution in [2.75, 3.05) is 0 Å². The molecule has 1 heterocycles. The van der Waals surface area contributed by atoms with Gasteiger partial charge >= 0.3 is 11.9 Å². The van der Waals surface area contributed by atoms with E-state index in [1.165, 1.54) is 0 Å². The minimum absolute atomic E-state index is 0.0621. The minimum atomic E-state index is -0.544. The van der Waals surface area contributed by atoms with Gasteiger partial charge in [0.1, 0.15) is 11.7 Å². The van der Waals surface area contributed by atoms with Crippen LogP contribution in [0, 0.1) is 23.7 Å². The van der Waals surface area contributed by atoms with Crippen molar-refractivity contribution in [3.05, 3.63) is 12.2 Å². The minimum Gasteiger partial charge on any atom is -0.462 e. The summed E-state index contributed by atoms with van der Waals surface area (Å²) >= 11 is 0. The van der Waals surface area contributed by atoms with E-state index in [4.69, 9.17) is 9.47 Å². The van der Waals surface area contributed by atoms with Gasteiger partial charge < -0.3 is 9.47 Å². The zero-order chi connectivity index (χ0) is 16.8. The van der Waals surface area contributed by atoms with E-state index in [1.54, 1.807) is 6.92 Å². The van der Waals surface area contributed by atoms with Crippen molar-refractivity contribution < 1.29 is 19.1 Å². The SMILES string of the molecule is C=C(C)C(=O)OC(CCC)(CCC)C1C2CC3OC(=O)C1C3C2. The summed E-state index contributed by atoms with van der Waals surface area (Å²) in [5.74, 6) is 0.439. The highest BCUT2D eigenvalue weighted by atomic mass is 16.6. The molecule has 4 nitrogen and oxygen atoms in total. The number of esters is 2. The first-order chi connectivity index (χ1) is 10.9. The van der Waals surface area contributed by atoms with E-state index in [2.05, 4.69) is 20.4 Å². The smallest absolute Gasteiger partial charge is 0.333 e. The Bertz CT molecular complexity index is 515. The lowest BCUT2D eigenvalue weighted by molar-refractivity contribution is -0.172. The molecule has 3 fully saturated rings. The fraction of sp³-hybridized carbons (Fsp3) is 0.789. The monoisotopic (exact) mass is 320 g/mol. The topological polar surface area (TPSA) is 52.6 Å². The van der Waals surface area contributed by atoms with Crippen LogP contribution in [-0.4, -0.2) is 23.6 Å². The van der Waals surface area contributed by atoms with Crippen molar-refractivity contribution in [2.24, 2.45) is 23.7 Å². The summed E-state index contributed by atoms with van der Waals surface area (Å²) in [6, 6.07) is 0. The second-order valence-electron chi connectivity index (χ2n) is 7.66. The molecule has 0 amide bonds. The molecule has 0 aromatic heterocycles. The van der Waals surface area contributed by atoms with Crippen LogP contribution in [0.5, 0.6) is 0 Å². The molecule has 5 atom stereocenters. The highest BCUT2D eigenvalue weighted by Crippen LogP contribution is 2.62. The molecule has 5 unspecified atom stereocenters. The van der Waals surface area contributed by atoms with Gasteiger partial charge in [0.05, 0.1) is 5.92 Å². The van der Waals surface area contributed by atoms with Crippen molar-refractivity contribution in [1.29, 1.82) is 0 Å². The lowest BCUT2D eigenvalue weighted by Gasteiger charge is -2.43. The summed E-state index contributed by atoms with van der Waals surface area (Å²) in [6.07, 6.45) is 5.59. The van der Waals surface area contributed by atoms with Crippen LogP contribution in [0.1, 0.15) is 59.3 Å². The highest BCUT2D eigenvalue weighted by molar-refractivity contribution is 5.87. The average molecular weight is 320 g/mol. The zero-order valence-corrected chi connectivity index (χ0v) is 14.5. The van der Waals surface area contributed by atoms with Crippen molar-refractivity contribution in [1.82, 2.24) is 0 Å². The Morgan fingerprint density at radius 3 is 2.52 bits per heavy atom. The van der Waals surface area contributed by atoms with Crippen LogP contribution in [0.2, 0.25) is 0 Å². The van der Waals surface area contributed by atoms with E-state index >= 15 is 0 Å². The van der Waals surface area contributed by atoms with Crippen LogP contribution in [-0.2, 0) is 19.1 Å². The van der Waals surface area contributed by atoms with Crippen LogP contribution < -0.4 is 0 Å². The number of hydrogen-bond acceptors (Lipinski definition) is 4. The molecule has 3 rings (SSSR count). The molecule has 0 N–H and O–H groups in total. The number of ether oxygens (including phenoxy) is 2. The molecular weight excluding hydrogens is 292 g/mol. The Morgan fingerprint density at radius 2 is 1.96 bits per heavy atom. The van der Waals surface area contributed by atoms with Crippen molar-refractivity contribution in [3.8, 4) is 0 Å². The quantitative estimate of drug-likeness (QED) is 0.531. The summed E-state index contributed by atoms with van der Waals surface area (Å²) in [6.45, 7) is 9.64. The first-order valence-corrected chi connectivity index (χ1v) is 9.02. The van der Waals surface area contributed by atoms with Crippen molar-refractivity contribution in [3.63, 3.8) is 0 Å². The van der Waals surface area contributed by atoms with Gasteiger partial charge in [-0.05, 0) is 38.5 Å². The van der Waals surface area contributed by atoms with Gasteiger partial charge in [-0.3, -0.25) is 4.79 Å². The molecule has 2 saturated carbocycles. The molecule has 3 aliphatic rings. The van der Waals surface area contributed by atoms with Gasteiger partial charge in [0.15, 0.2) is 0 Å². The molecule has 0 spiro atoms. The largest absolute Gasteiger partial charge is 0.462 e. The maximum absolute atomic E-state index is 12.4. The first kappa shape index (κ1) is 16.5. The predicted molar refractivity (Wildman–Crippen MR) is 86.5 cm³/mol. The molecular formula is C19H28O4. The molecule has 1 saturated heterocycles. The summed E-state index contributed by atoms with van der Waals surface area (Å²) in [4.78, 5) is 24.7. The number of carbonyl (C=O) groups excluding carboxylic acids is 2. The summed E-state index contributed by atoms with van der Waals surface area (Å²) in [5.41, 5.74) is -0.116. The fourth-order valence-corrected chi connectivity index (χ4v) is 5.49. The summed E-state index contributed by atoms with van der Waals surface area (Å²) in [5, 5.41) is 0. The highest BCUT2D eigenvalue weighted by Gasteiger charge is 2.67. The Hall–Kier alpha value is -1.32. The van der Waals surface area contributed by atoms with Crippen LogP contribution in [0.25, 0.3) is 0 Å². The van der Waals surface area contributed by atoms with E-state index in [-0.39, 0.29) is 29.9 Å². The normalized spacial score (nSPS) is 34.6. The molecule has 1 aliphatic heterocycles. The van der Waals surface area contributed by atoms with Gasteiger partial charge in [-0.2, -0.15) is 0 Å². The average Bonchev–Trinajstić information content (AvgIpc) is 3.08. The zero-order valence-electron chi connectivity index (χ0n) is 14.5. The van der Waals surface area contributed by atoms with Crippen molar-refractivity contribution >= 4 is 11.9 Å². The third kappa shape index (κ3) is 2.50. The van der Waals surface area contributed by atoms with E-state index in [1.807, 2.05) is 0 Å². The first-order valence-electron chi connectivity index (χ1n) is 9.02. The van der Waals surface area contributed by atoms with E-state index < -0.39 is 5.60 Å². The van der Waals surface area contributed by atoms with Gasteiger partial charge in [-0.25, -0.2) is 4.79 Å².